The predicted molar refractivity (Wildman–Crippen MR) is 81.2 cm³/mol. The molecule has 1 aliphatic heterocycles. The molecule has 0 saturated carbocycles. The van der Waals surface area contributed by atoms with Crippen molar-refractivity contribution >= 4 is 29.2 Å². The molecule has 0 bridgehead atoms. The molecular formula is C15H19ClN2O3. The van der Waals surface area contributed by atoms with E-state index in [0.29, 0.717) is 10.7 Å². The molecule has 0 atom stereocenters. The van der Waals surface area contributed by atoms with Gasteiger partial charge in [-0.1, -0.05) is 24.4 Å². The third-order valence-electron chi connectivity index (χ3n) is 3.44. The van der Waals surface area contributed by atoms with Gasteiger partial charge in [-0.2, -0.15) is 0 Å². The average Bonchev–Trinajstić information content (AvgIpc) is 2.72. The number of likely N-dealkylation sites (tertiary alicyclic amines) is 1. The van der Waals surface area contributed by atoms with Crippen LogP contribution in [0.5, 0.6) is 0 Å². The minimum Gasteiger partial charge on any atom is -0.452 e. The molecule has 21 heavy (non-hydrogen) atoms. The molecule has 2 rings (SSSR count). The first kappa shape index (κ1) is 15.6. The lowest BCUT2D eigenvalue weighted by molar-refractivity contribution is -0.134. The van der Waals surface area contributed by atoms with Gasteiger partial charge < -0.3 is 15.4 Å². The van der Waals surface area contributed by atoms with Crippen LogP contribution in [0.25, 0.3) is 0 Å². The van der Waals surface area contributed by atoms with Crippen molar-refractivity contribution in [3.63, 3.8) is 0 Å². The second-order valence-corrected chi connectivity index (χ2v) is 5.58. The van der Waals surface area contributed by atoms with E-state index in [1.54, 1.807) is 11.0 Å². The zero-order valence-corrected chi connectivity index (χ0v) is 12.6. The van der Waals surface area contributed by atoms with Crippen LogP contribution in [0.2, 0.25) is 5.02 Å². The van der Waals surface area contributed by atoms with E-state index >= 15 is 0 Å². The molecule has 1 aromatic rings. The van der Waals surface area contributed by atoms with Crippen molar-refractivity contribution in [1.82, 2.24) is 4.90 Å². The monoisotopic (exact) mass is 310 g/mol. The molecule has 1 heterocycles. The van der Waals surface area contributed by atoms with Gasteiger partial charge in [-0.25, -0.2) is 4.79 Å². The van der Waals surface area contributed by atoms with Gasteiger partial charge in [0, 0.05) is 23.8 Å². The summed E-state index contributed by atoms with van der Waals surface area (Å²) in [5.74, 6) is -0.743. The summed E-state index contributed by atoms with van der Waals surface area (Å²) >= 11 is 5.83. The highest BCUT2D eigenvalue weighted by Crippen LogP contribution is 2.17. The van der Waals surface area contributed by atoms with Crippen LogP contribution < -0.4 is 5.73 Å². The van der Waals surface area contributed by atoms with E-state index < -0.39 is 5.97 Å². The molecule has 0 radical (unpaired) electrons. The van der Waals surface area contributed by atoms with Crippen LogP contribution in [0.4, 0.5) is 5.69 Å². The second kappa shape index (κ2) is 7.31. The first-order valence-corrected chi connectivity index (χ1v) is 7.45. The fourth-order valence-corrected chi connectivity index (χ4v) is 2.60. The molecule has 0 spiro atoms. The van der Waals surface area contributed by atoms with Crippen molar-refractivity contribution in [2.24, 2.45) is 0 Å². The summed E-state index contributed by atoms with van der Waals surface area (Å²) in [6, 6.07) is 4.49. The zero-order chi connectivity index (χ0) is 15.2. The normalized spacial score (nSPS) is 15.4. The standard InChI is InChI=1S/C15H19ClN2O3/c16-12-7-11(8-13(17)9-12)15(20)21-10-14(19)18-5-3-1-2-4-6-18/h7-9H,1-6,10,17H2. The van der Waals surface area contributed by atoms with Crippen LogP contribution in [0, 0.1) is 0 Å². The maximum absolute atomic E-state index is 12.0. The van der Waals surface area contributed by atoms with Gasteiger partial charge in [-0.15, -0.1) is 0 Å². The van der Waals surface area contributed by atoms with Crippen molar-refractivity contribution < 1.29 is 14.3 Å². The fraction of sp³-hybridized carbons (Fsp3) is 0.467. The average molecular weight is 311 g/mol. The Hall–Kier alpha value is -1.75. The van der Waals surface area contributed by atoms with Gasteiger partial charge in [0.05, 0.1) is 5.56 Å². The Kier molecular flexibility index (Phi) is 5.44. The van der Waals surface area contributed by atoms with E-state index in [-0.39, 0.29) is 18.1 Å². The molecule has 1 aromatic carbocycles. The highest BCUT2D eigenvalue weighted by Gasteiger charge is 2.18. The van der Waals surface area contributed by atoms with Crippen LogP contribution in [0.3, 0.4) is 0 Å². The van der Waals surface area contributed by atoms with Crippen LogP contribution >= 0.6 is 11.6 Å². The number of carbonyl (C=O) groups is 2. The molecule has 0 aliphatic carbocycles. The highest BCUT2D eigenvalue weighted by molar-refractivity contribution is 6.31. The third kappa shape index (κ3) is 4.63. The number of ether oxygens (including phenoxy) is 1. The van der Waals surface area contributed by atoms with Crippen molar-refractivity contribution in [1.29, 1.82) is 0 Å². The predicted octanol–water partition coefficient (Wildman–Crippen LogP) is 2.48. The first-order chi connectivity index (χ1) is 10.1. The summed E-state index contributed by atoms with van der Waals surface area (Å²) in [6.07, 6.45) is 4.30. The van der Waals surface area contributed by atoms with Gasteiger partial charge in [0.2, 0.25) is 0 Å². The van der Waals surface area contributed by atoms with Gasteiger partial charge in [-0.05, 0) is 31.0 Å². The molecular weight excluding hydrogens is 292 g/mol. The molecule has 1 amide bonds. The van der Waals surface area contributed by atoms with Crippen LogP contribution in [-0.2, 0) is 9.53 Å². The van der Waals surface area contributed by atoms with Gasteiger partial charge in [0.15, 0.2) is 6.61 Å². The molecule has 5 nitrogen and oxygen atoms in total. The Balaban J connectivity index is 1.89. The SMILES string of the molecule is Nc1cc(Cl)cc(C(=O)OCC(=O)N2CCCCCC2)c1. The van der Waals surface area contributed by atoms with E-state index in [1.807, 2.05) is 0 Å². The Bertz CT molecular complexity index is 505. The Morgan fingerprint density at radius 1 is 1.14 bits per heavy atom. The van der Waals surface area contributed by atoms with Crippen molar-refractivity contribution in [2.75, 3.05) is 25.4 Å². The van der Waals surface area contributed by atoms with Gasteiger partial charge >= 0.3 is 5.97 Å². The van der Waals surface area contributed by atoms with Gasteiger partial charge in [0.1, 0.15) is 0 Å². The molecule has 2 N–H and O–H groups in total. The third-order valence-corrected chi connectivity index (χ3v) is 3.66. The number of nitrogens with zero attached hydrogens (tertiary/aromatic N) is 1. The van der Waals surface area contributed by atoms with E-state index in [2.05, 4.69) is 0 Å². The number of carbonyl (C=O) groups excluding carboxylic acids is 2. The number of amides is 1. The maximum Gasteiger partial charge on any atom is 0.338 e. The lowest BCUT2D eigenvalue weighted by Gasteiger charge is -2.19. The highest BCUT2D eigenvalue weighted by atomic mass is 35.5. The summed E-state index contributed by atoms with van der Waals surface area (Å²) in [5.41, 5.74) is 6.26. The molecule has 6 heteroatoms. The summed E-state index contributed by atoms with van der Waals surface area (Å²) in [6.45, 7) is 1.23. The fourth-order valence-electron chi connectivity index (χ4n) is 2.35. The number of nitrogen functional groups attached to an aromatic ring is 1. The number of benzene rings is 1. The molecule has 1 fully saturated rings. The summed E-state index contributed by atoms with van der Waals surface area (Å²) in [5, 5.41) is 0.362. The number of nitrogens with two attached hydrogens (primary N) is 1. The number of anilines is 1. The first-order valence-electron chi connectivity index (χ1n) is 7.07. The molecule has 114 valence electrons. The molecule has 0 aromatic heterocycles. The van der Waals surface area contributed by atoms with E-state index in [4.69, 9.17) is 22.1 Å². The Morgan fingerprint density at radius 2 is 1.81 bits per heavy atom. The molecule has 0 unspecified atom stereocenters. The summed E-state index contributed by atoms with van der Waals surface area (Å²) in [7, 11) is 0. The lowest BCUT2D eigenvalue weighted by Crippen LogP contribution is -2.35. The van der Waals surface area contributed by atoms with E-state index in [1.165, 1.54) is 12.1 Å². The summed E-state index contributed by atoms with van der Waals surface area (Å²) < 4.78 is 5.05. The zero-order valence-electron chi connectivity index (χ0n) is 11.8. The number of rotatable bonds is 3. The van der Waals surface area contributed by atoms with Gasteiger partial charge in [0.25, 0.3) is 5.91 Å². The van der Waals surface area contributed by atoms with E-state index in [9.17, 15) is 9.59 Å². The van der Waals surface area contributed by atoms with Crippen molar-refractivity contribution in [3.8, 4) is 0 Å². The van der Waals surface area contributed by atoms with Gasteiger partial charge in [-0.3, -0.25) is 4.79 Å². The Labute approximate surface area is 129 Å². The number of hydrogen-bond acceptors (Lipinski definition) is 4. The topological polar surface area (TPSA) is 72.6 Å². The van der Waals surface area contributed by atoms with Crippen molar-refractivity contribution in [2.45, 2.75) is 25.7 Å². The lowest BCUT2D eigenvalue weighted by atomic mass is 10.2. The van der Waals surface area contributed by atoms with Crippen LogP contribution in [-0.4, -0.2) is 36.5 Å². The number of hydrogen-bond donors (Lipinski definition) is 1. The van der Waals surface area contributed by atoms with Crippen LogP contribution in [0.1, 0.15) is 36.0 Å². The number of halogens is 1. The van der Waals surface area contributed by atoms with Crippen molar-refractivity contribution in [3.05, 3.63) is 28.8 Å². The maximum atomic E-state index is 12.0. The van der Waals surface area contributed by atoms with Crippen LogP contribution in [0.15, 0.2) is 18.2 Å². The minimum atomic E-state index is -0.590. The second-order valence-electron chi connectivity index (χ2n) is 5.14. The largest absolute Gasteiger partial charge is 0.452 e. The summed E-state index contributed by atoms with van der Waals surface area (Å²) in [4.78, 5) is 25.7. The molecule has 1 saturated heterocycles. The Morgan fingerprint density at radius 3 is 2.43 bits per heavy atom. The quantitative estimate of drug-likeness (QED) is 0.687. The van der Waals surface area contributed by atoms with E-state index in [0.717, 1.165) is 38.8 Å². The minimum absolute atomic E-state index is 0.153. The number of esters is 1. The molecule has 1 aliphatic rings. The smallest absolute Gasteiger partial charge is 0.338 e.